The summed E-state index contributed by atoms with van der Waals surface area (Å²) in [5.74, 6) is -0.126. The summed E-state index contributed by atoms with van der Waals surface area (Å²) in [4.78, 5) is 12.7. The Kier molecular flexibility index (Phi) is 5.91. The molecule has 132 valence electrons. The van der Waals surface area contributed by atoms with Gasteiger partial charge in [-0.1, -0.05) is 42.5 Å². The summed E-state index contributed by atoms with van der Waals surface area (Å²) in [6.45, 7) is 2.86. The van der Waals surface area contributed by atoms with Crippen molar-refractivity contribution in [3.05, 3.63) is 65.7 Å². The van der Waals surface area contributed by atoms with E-state index in [0.717, 1.165) is 5.56 Å². The lowest BCUT2D eigenvalue weighted by atomic mass is 10.00. The van der Waals surface area contributed by atoms with Gasteiger partial charge in [0.1, 0.15) is 5.75 Å². The molecular formula is C20H21F2NO2. The van der Waals surface area contributed by atoms with E-state index in [1.165, 1.54) is 12.1 Å². The molecule has 1 N–H and O–H groups in total. The molecule has 0 heterocycles. The first-order valence-corrected chi connectivity index (χ1v) is 7.89. The minimum Gasteiger partial charge on any atom is -0.435 e. The second-order valence-corrected chi connectivity index (χ2v) is 6.58. The van der Waals surface area contributed by atoms with Crippen LogP contribution >= 0.6 is 0 Å². The van der Waals surface area contributed by atoms with E-state index in [2.05, 4.69) is 10.1 Å². The summed E-state index contributed by atoms with van der Waals surface area (Å²) in [6, 6.07) is 15.4. The van der Waals surface area contributed by atoms with Gasteiger partial charge in [-0.25, -0.2) is 0 Å². The number of amides is 1. The number of rotatable bonds is 5. The zero-order valence-corrected chi connectivity index (χ0v) is 14.4. The van der Waals surface area contributed by atoms with Crippen molar-refractivity contribution in [1.82, 2.24) is 5.32 Å². The molecule has 0 aliphatic rings. The Morgan fingerprint density at radius 3 is 2.16 bits per heavy atom. The Hall–Kier alpha value is -2.69. The topological polar surface area (TPSA) is 38.3 Å². The largest absolute Gasteiger partial charge is 0.435 e. The molecule has 0 bridgehead atoms. The van der Waals surface area contributed by atoms with Crippen molar-refractivity contribution in [3.8, 4) is 5.75 Å². The predicted octanol–water partition coefficient (Wildman–Crippen LogP) is 4.74. The summed E-state index contributed by atoms with van der Waals surface area (Å²) in [5, 5.41) is 2.94. The highest BCUT2D eigenvalue weighted by Gasteiger charge is 2.18. The van der Waals surface area contributed by atoms with Gasteiger partial charge < -0.3 is 10.1 Å². The van der Waals surface area contributed by atoms with Crippen LogP contribution in [0.2, 0.25) is 0 Å². The van der Waals surface area contributed by atoms with Crippen LogP contribution in [0.4, 0.5) is 8.78 Å². The molecule has 0 spiro atoms. The third kappa shape index (κ3) is 6.03. The number of benzene rings is 2. The quantitative estimate of drug-likeness (QED) is 0.628. The second kappa shape index (κ2) is 7.92. The van der Waals surface area contributed by atoms with E-state index in [4.69, 9.17) is 0 Å². The highest BCUT2D eigenvalue weighted by Crippen LogP contribution is 2.22. The summed E-state index contributed by atoms with van der Waals surface area (Å²) < 4.78 is 28.8. The van der Waals surface area contributed by atoms with Crippen molar-refractivity contribution in [2.24, 2.45) is 0 Å². The third-order valence-electron chi connectivity index (χ3n) is 3.23. The molecule has 5 heteroatoms. The van der Waals surface area contributed by atoms with Crippen LogP contribution in [-0.2, 0) is 4.79 Å². The van der Waals surface area contributed by atoms with E-state index in [0.29, 0.717) is 11.1 Å². The molecule has 2 aromatic rings. The number of hydrogen-bond donors (Lipinski definition) is 1. The molecule has 2 rings (SSSR count). The van der Waals surface area contributed by atoms with Gasteiger partial charge in [0.05, 0.1) is 0 Å². The molecule has 25 heavy (non-hydrogen) atoms. The minimum atomic E-state index is -2.86. The Bertz CT molecular complexity index is 733. The normalized spacial score (nSPS) is 12.2. The summed E-state index contributed by atoms with van der Waals surface area (Å²) in [6.07, 6.45) is 1.72. The molecule has 0 unspecified atom stereocenters. The van der Waals surface area contributed by atoms with E-state index in [1.807, 2.05) is 51.1 Å². The van der Waals surface area contributed by atoms with Gasteiger partial charge in [-0.3, -0.25) is 4.79 Å². The zero-order chi connectivity index (χ0) is 18.4. The number of alkyl halides is 2. The maximum absolute atomic E-state index is 12.7. The van der Waals surface area contributed by atoms with E-state index in [9.17, 15) is 13.6 Å². The van der Waals surface area contributed by atoms with Gasteiger partial charge in [-0.15, -0.1) is 0 Å². The van der Waals surface area contributed by atoms with Gasteiger partial charge >= 0.3 is 6.61 Å². The second-order valence-electron chi connectivity index (χ2n) is 6.58. The average Bonchev–Trinajstić information content (AvgIpc) is 2.52. The van der Waals surface area contributed by atoms with Crippen molar-refractivity contribution in [3.63, 3.8) is 0 Å². The molecule has 0 saturated carbocycles. The first-order valence-electron chi connectivity index (χ1n) is 7.89. The number of nitrogens with one attached hydrogen (secondary N) is 1. The number of carbonyl (C=O) groups is 1. The van der Waals surface area contributed by atoms with Crippen LogP contribution < -0.4 is 10.1 Å². The molecule has 0 fully saturated rings. The third-order valence-corrected chi connectivity index (χ3v) is 3.23. The van der Waals surface area contributed by atoms with Crippen LogP contribution in [0.15, 0.2) is 54.6 Å². The van der Waals surface area contributed by atoms with Crippen molar-refractivity contribution in [1.29, 1.82) is 0 Å². The number of halogens is 2. The van der Waals surface area contributed by atoms with Gasteiger partial charge in [0.2, 0.25) is 0 Å². The molecule has 0 aromatic heterocycles. The van der Waals surface area contributed by atoms with Crippen LogP contribution in [0.25, 0.3) is 11.6 Å². The highest BCUT2D eigenvalue weighted by molar-refractivity contribution is 6.24. The molecule has 0 atom stereocenters. The summed E-state index contributed by atoms with van der Waals surface area (Å²) in [5.41, 5.74) is 1.61. The first kappa shape index (κ1) is 18.6. The minimum absolute atomic E-state index is 0.0764. The fourth-order valence-corrected chi connectivity index (χ4v) is 2.22. The molecule has 0 aliphatic heterocycles. The fourth-order valence-electron chi connectivity index (χ4n) is 2.22. The number of carbonyl (C=O) groups excluding carboxylic acids is 1. The van der Waals surface area contributed by atoms with Gasteiger partial charge in [0.15, 0.2) is 0 Å². The standard InChI is InChI=1S/C20H21F2NO2/c1-20(2,3)23-18(24)17(15-7-5-4-6-8-15)13-14-9-11-16(12-10-14)25-19(21)22/h4-13,19H,1-3H3,(H,23,24)/b17-13+. The highest BCUT2D eigenvalue weighted by atomic mass is 19.3. The van der Waals surface area contributed by atoms with Crippen molar-refractivity contribution < 1.29 is 18.3 Å². The van der Waals surface area contributed by atoms with E-state index in [-0.39, 0.29) is 17.2 Å². The molecule has 1 amide bonds. The van der Waals surface area contributed by atoms with E-state index >= 15 is 0 Å². The average molecular weight is 345 g/mol. The monoisotopic (exact) mass is 345 g/mol. The smallest absolute Gasteiger partial charge is 0.387 e. The van der Waals surface area contributed by atoms with Crippen molar-refractivity contribution in [2.75, 3.05) is 0 Å². The lowest BCUT2D eigenvalue weighted by Gasteiger charge is -2.21. The molecular weight excluding hydrogens is 324 g/mol. The van der Waals surface area contributed by atoms with Crippen LogP contribution in [0, 0.1) is 0 Å². The van der Waals surface area contributed by atoms with Crippen molar-refractivity contribution in [2.45, 2.75) is 32.9 Å². The van der Waals surface area contributed by atoms with Crippen LogP contribution in [0.3, 0.4) is 0 Å². The van der Waals surface area contributed by atoms with Crippen LogP contribution in [0.1, 0.15) is 31.9 Å². The van der Waals surface area contributed by atoms with Crippen molar-refractivity contribution >= 4 is 17.6 Å². The van der Waals surface area contributed by atoms with Gasteiger partial charge in [-0.05, 0) is 50.1 Å². The first-order chi connectivity index (χ1) is 11.7. The fraction of sp³-hybridized carbons (Fsp3) is 0.250. The number of hydrogen-bond acceptors (Lipinski definition) is 2. The Morgan fingerprint density at radius 1 is 1.04 bits per heavy atom. The lowest BCUT2D eigenvalue weighted by Crippen LogP contribution is -2.40. The van der Waals surface area contributed by atoms with Gasteiger partial charge in [0, 0.05) is 11.1 Å². The zero-order valence-electron chi connectivity index (χ0n) is 14.4. The van der Waals surface area contributed by atoms with Gasteiger partial charge in [-0.2, -0.15) is 8.78 Å². The Morgan fingerprint density at radius 2 is 1.64 bits per heavy atom. The molecule has 0 saturated heterocycles. The lowest BCUT2D eigenvalue weighted by molar-refractivity contribution is -0.116. The summed E-state index contributed by atoms with van der Waals surface area (Å²) >= 11 is 0. The number of ether oxygens (including phenoxy) is 1. The molecule has 2 aromatic carbocycles. The SMILES string of the molecule is CC(C)(C)NC(=O)/C(=C/c1ccc(OC(F)F)cc1)c1ccccc1. The summed E-state index contributed by atoms with van der Waals surface area (Å²) in [7, 11) is 0. The van der Waals surface area contributed by atoms with E-state index in [1.54, 1.807) is 18.2 Å². The van der Waals surface area contributed by atoms with Gasteiger partial charge in [0.25, 0.3) is 5.91 Å². The maximum Gasteiger partial charge on any atom is 0.387 e. The van der Waals surface area contributed by atoms with Crippen LogP contribution in [0.5, 0.6) is 5.75 Å². The van der Waals surface area contributed by atoms with Crippen LogP contribution in [-0.4, -0.2) is 18.1 Å². The Balaban J connectivity index is 2.34. The molecule has 3 nitrogen and oxygen atoms in total. The maximum atomic E-state index is 12.7. The Labute approximate surface area is 146 Å². The predicted molar refractivity (Wildman–Crippen MR) is 95.3 cm³/mol. The van der Waals surface area contributed by atoms with E-state index < -0.39 is 6.61 Å². The molecule has 0 radical (unpaired) electrons. The molecule has 0 aliphatic carbocycles.